The van der Waals surface area contributed by atoms with E-state index < -0.39 is 0 Å². The van der Waals surface area contributed by atoms with Gasteiger partial charge in [-0.1, -0.05) is 42.5 Å². The van der Waals surface area contributed by atoms with Crippen molar-refractivity contribution in [2.75, 3.05) is 6.61 Å². The van der Waals surface area contributed by atoms with E-state index in [9.17, 15) is 0 Å². The van der Waals surface area contributed by atoms with Crippen molar-refractivity contribution >= 4 is 0 Å². The standard InChI is InChI=1S/C24H26O2/c1-2-3-7-13-22-17-23(22)14-15-24(23,25-18-22)19-9-8-12-21(16-19)26-20-10-5-4-6-11-20/h2-6,8-12,16H,7,13-15,17-18H2,1H3/b3-2-. The Morgan fingerprint density at radius 1 is 1.04 bits per heavy atom. The lowest BCUT2D eigenvalue weighted by Crippen LogP contribution is -2.46. The van der Waals surface area contributed by atoms with E-state index in [1.54, 1.807) is 0 Å². The topological polar surface area (TPSA) is 18.5 Å². The number of rotatable bonds is 6. The zero-order chi connectivity index (χ0) is 17.7. The van der Waals surface area contributed by atoms with E-state index in [4.69, 9.17) is 9.47 Å². The first-order valence-corrected chi connectivity index (χ1v) is 9.82. The Morgan fingerprint density at radius 2 is 1.88 bits per heavy atom. The number of benzene rings is 2. The number of ether oxygens (including phenoxy) is 2. The molecule has 134 valence electrons. The molecule has 2 nitrogen and oxygen atoms in total. The third-order valence-electron chi connectivity index (χ3n) is 7.11. The van der Waals surface area contributed by atoms with Crippen LogP contribution in [0.5, 0.6) is 11.5 Å². The van der Waals surface area contributed by atoms with E-state index in [0.717, 1.165) is 24.5 Å². The van der Waals surface area contributed by atoms with Gasteiger partial charge in [-0.05, 0) is 68.9 Å². The number of hydrogen-bond donors (Lipinski definition) is 0. The van der Waals surface area contributed by atoms with Crippen molar-refractivity contribution in [3.63, 3.8) is 0 Å². The minimum Gasteiger partial charge on any atom is -0.457 e. The Balaban J connectivity index is 1.40. The molecule has 0 N–H and O–H groups in total. The average molecular weight is 346 g/mol. The van der Waals surface area contributed by atoms with Crippen LogP contribution in [0, 0.1) is 10.8 Å². The predicted molar refractivity (Wildman–Crippen MR) is 103 cm³/mol. The molecule has 2 heteroatoms. The lowest BCUT2D eigenvalue weighted by molar-refractivity contribution is -0.125. The molecule has 3 unspecified atom stereocenters. The van der Waals surface area contributed by atoms with Gasteiger partial charge in [0, 0.05) is 10.8 Å². The summed E-state index contributed by atoms with van der Waals surface area (Å²) in [5.41, 5.74) is 2.04. The number of allylic oxidation sites excluding steroid dienone is 2. The van der Waals surface area contributed by atoms with Gasteiger partial charge in [-0.25, -0.2) is 0 Å². The lowest BCUT2D eigenvalue weighted by Gasteiger charge is -2.48. The van der Waals surface area contributed by atoms with E-state index in [1.807, 2.05) is 36.4 Å². The zero-order valence-electron chi connectivity index (χ0n) is 15.4. The van der Waals surface area contributed by atoms with Gasteiger partial charge in [0.1, 0.15) is 11.5 Å². The van der Waals surface area contributed by atoms with Gasteiger partial charge < -0.3 is 9.47 Å². The number of para-hydroxylation sites is 1. The second-order valence-corrected chi connectivity index (χ2v) is 8.21. The van der Waals surface area contributed by atoms with Crippen LogP contribution >= 0.6 is 0 Å². The van der Waals surface area contributed by atoms with Gasteiger partial charge in [0.05, 0.1) is 12.2 Å². The first-order chi connectivity index (χ1) is 12.7. The minimum atomic E-state index is -0.0704. The second kappa shape index (κ2) is 5.72. The third-order valence-corrected chi connectivity index (χ3v) is 7.11. The molecule has 1 saturated heterocycles. The van der Waals surface area contributed by atoms with E-state index >= 15 is 0 Å². The molecule has 26 heavy (non-hydrogen) atoms. The van der Waals surface area contributed by atoms with E-state index in [1.165, 1.54) is 31.2 Å². The zero-order valence-corrected chi connectivity index (χ0v) is 15.4. The molecule has 2 aliphatic carbocycles. The van der Waals surface area contributed by atoms with Crippen molar-refractivity contribution in [3.8, 4) is 11.5 Å². The first kappa shape index (κ1) is 16.1. The molecule has 0 amide bonds. The fourth-order valence-electron chi connectivity index (χ4n) is 5.64. The molecule has 1 spiro atoms. The van der Waals surface area contributed by atoms with Crippen LogP contribution in [-0.2, 0) is 10.3 Å². The van der Waals surface area contributed by atoms with Crippen molar-refractivity contribution in [2.45, 2.75) is 44.6 Å². The maximum absolute atomic E-state index is 6.54. The number of hydrogen-bond acceptors (Lipinski definition) is 2. The van der Waals surface area contributed by atoms with Gasteiger partial charge in [-0.3, -0.25) is 0 Å². The molecular weight excluding hydrogens is 320 g/mol. The van der Waals surface area contributed by atoms with Crippen LogP contribution in [0.2, 0.25) is 0 Å². The molecule has 3 fully saturated rings. The van der Waals surface area contributed by atoms with Gasteiger partial charge in [0.15, 0.2) is 0 Å². The van der Waals surface area contributed by atoms with Crippen LogP contribution in [0.15, 0.2) is 66.7 Å². The molecule has 3 atom stereocenters. The Morgan fingerprint density at radius 3 is 2.65 bits per heavy atom. The largest absolute Gasteiger partial charge is 0.457 e. The molecule has 0 radical (unpaired) electrons. The Hall–Kier alpha value is -2.06. The highest BCUT2D eigenvalue weighted by Gasteiger charge is 2.84. The second-order valence-electron chi connectivity index (χ2n) is 8.21. The average Bonchev–Trinajstić information content (AvgIpc) is 3.30. The van der Waals surface area contributed by atoms with Crippen molar-refractivity contribution < 1.29 is 9.47 Å². The lowest BCUT2D eigenvalue weighted by atomic mass is 9.60. The van der Waals surface area contributed by atoms with E-state index in [2.05, 4.69) is 37.3 Å². The van der Waals surface area contributed by atoms with Crippen molar-refractivity contribution in [2.24, 2.45) is 10.8 Å². The molecule has 5 rings (SSSR count). The highest BCUT2D eigenvalue weighted by molar-refractivity contribution is 5.44. The smallest absolute Gasteiger partial charge is 0.127 e. The third kappa shape index (κ3) is 2.08. The molecule has 1 aliphatic heterocycles. The van der Waals surface area contributed by atoms with Crippen molar-refractivity contribution in [1.82, 2.24) is 0 Å². The van der Waals surface area contributed by atoms with Crippen LogP contribution < -0.4 is 4.74 Å². The van der Waals surface area contributed by atoms with Gasteiger partial charge in [-0.2, -0.15) is 0 Å². The summed E-state index contributed by atoms with van der Waals surface area (Å²) in [7, 11) is 0. The SMILES string of the molecule is C/C=C\CCC12COC3(c4cccc(Oc5ccccc5)c4)CCC13C2. The predicted octanol–water partition coefficient (Wildman–Crippen LogP) is 6.23. The Kier molecular flexibility index (Phi) is 3.55. The fourth-order valence-corrected chi connectivity index (χ4v) is 5.64. The maximum atomic E-state index is 6.54. The summed E-state index contributed by atoms with van der Waals surface area (Å²) in [6.45, 7) is 3.03. The summed E-state index contributed by atoms with van der Waals surface area (Å²) >= 11 is 0. The maximum Gasteiger partial charge on any atom is 0.127 e. The van der Waals surface area contributed by atoms with Gasteiger partial charge in [0.2, 0.25) is 0 Å². The highest BCUT2D eigenvalue weighted by Crippen LogP contribution is 2.87. The van der Waals surface area contributed by atoms with Gasteiger partial charge in [-0.15, -0.1) is 0 Å². The van der Waals surface area contributed by atoms with Crippen molar-refractivity contribution in [3.05, 3.63) is 72.3 Å². The van der Waals surface area contributed by atoms with E-state index in [-0.39, 0.29) is 5.60 Å². The van der Waals surface area contributed by atoms with Crippen LogP contribution in [0.4, 0.5) is 0 Å². The Labute approximate surface area is 155 Å². The summed E-state index contributed by atoms with van der Waals surface area (Å²) in [6, 6.07) is 18.6. The summed E-state index contributed by atoms with van der Waals surface area (Å²) in [5.74, 6) is 1.78. The van der Waals surface area contributed by atoms with Crippen molar-refractivity contribution in [1.29, 1.82) is 0 Å². The minimum absolute atomic E-state index is 0.0704. The first-order valence-electron chi connectivity index (χ1n) is 9.82. The molecule has 0 aromatic heterocycles. The molecule has 1 heterocycles. The quantitative estimate of drug-likeness (QED) is 0.577. The van der Waals surface area contributed by atoms with Crippen LogP contribution in [0.1, 0.15) is 44.6 Å². The van der Waals surface area contributed by atoms with E-state index in [0.29, 0.717) is 10.8 Å². The van der Waals surface area contributed by atoms with Crippen LogP contribution in [0.25, 0.3) is 0 Å². The molecule has 2 aromatic carbocycles. The van der Waals surface area contributed by atoms with Gasteiger partial charge >= 0.3 is 0 Å². The van der Waals surface area contributed by atoms with Gasteiger partial charge in [0.25, 0.3) is 0 Å². The molecule has 3 aliphatic rings. The molecule has 2 aromatic rings. The summed E-state index contributed by atoms with van der Waals surface area (Å²) in [4.78, 5) is 0. The fraction of sp³-hybridized carbons (Fsp3) is 0.417. The summed E-state index contributed by atoms with van der Waals surface area (Å²) < 4.78 is 12.6. The highest BCUT2D eigenvalue weighted by atomic mass is 16.5. The van der Waals surface area contributed by atoms with Crippen LogP contribution in [-0.4, -0.2) is 6.61 Å². The molecular formula is C24H26O2. The summed E-state index contributed by atoms with van der Waals surface area (Å²) in [6.07, 6.45) is 10.7. The molecule has 0 bridgehead atoms. The molecule has 2 saturated carbocycles. The summed E-state index contributed by atoms with van der Waals surface area (Å²) in [5, 5.41) is 0. The normalized spacial score (nSPS) is 34.2. The van der Waals surface area contributed by atoms with Crippen LogP contribution in [0.3, 0.4) is 0 Å². The Bertz CT molecular complexity index is 838. The monoisotopic (exact) mass is 346 g/mol.